The van der Waals surface area contributed by atoms with Crippen molar-refractivity contribution in [3.05, 3.63) is 131 Å². The summed E-state index contributed by atoms with van der Waals surface area (Å²) in [6.07, 6.45) is 10.5. The molecule has 0 atom stereocenters. The van der Waals surface area contributed by atoms with E-state index in [1.165, 1.54) is 22.3 Å². The number of nitrogens with zero attached hydrogens (tertiary/aromatic N) is 5. The molecule has 0 radical (unpaired) electrons. The fourth-order valence-electron chi connectivity index (χ4n) is 5.41. The van der Waals surface area contributed by atoms with Crippen molar-refractivity contribution in [3.63, 3.8) is 0 Å². The van der Waals surface area contributed by atoms with Crippen LogP contribution in [0.3, 0.4) is 0 Å². The van der Waals surface area contributed by atoms with Crippen LogP contribution in [0.4, 0.5) is 23.0 Å². The van der Waals surface area contributed by atoms with E-state index in [9.17, 15) is 0 Å². The van der Waals surface area contributed by atoms with Crippen LogP contribution in [0.25, 0.3) is 0 Å². The van der Waals surface area contributed by atoms with Crippen molar-refractivity contribution in [2.24, 2.45) is 0 Å². The molecule has 5 rings (SSSR count). The molecule has 0 saturated carbocycles. The Morgan fingerprint density at radius 1 is 0.545 bits per heavy atom. The zero-order chi connectivity index (χ0) is 31.4. The molecule has 0 fully saturated rings. The SMILES string of the molecule is CC(C)c1ccc(N(C2=CC=CN(N(c3ccc(C(C)C)cc3)c3ccc(C(C)C)cn3)C2)c2ccc(C(C)C)cn2)cc1. The first-order valence-corrected chi connectivity index (χ1v) is 16.0. The van der Waals surface area contributed by atoms with Crippen LogP contribution in [0.2, 0.25) is 0 Å². The molecule has 0 amide bonds. The van der Waals surface area contributed by atoms with E-state index < -0.39 is 0 Å². The van der Waals surface area contributed by atoms with Crippen molar-refractivity contribution < 1.29 is 0 Å². The Hall–Kier alpha value is -4.38. The van der Waals surface area contributed by atoms with Gasteiger partial charge >= 0.3 is 0 Å². The maximum absolute atomic E-state index is 4.96. The third-order valence-electron chi connectivity index (χ3n) is 8.36. The third kappa shape index (κ3) is 6.88. The second kappa shape index (κ2) is 13.5. The van der Waals surface area contributed by atoms with Crippen molar-refractivity contribution in [3.8, 4) is 0 Å². The maximum atomic E-state index is 4.96. The third-order valence-corrected chi connectivity index (χ3v) is 8.36. The lowest BCUT2D eigenvalue weighted by molar-refractivity contribution is 0.404. The highest BCUT2D eigenvalue weighted by atomic mass is 15.6. The van der Waals surface area contributed by atoms with Gasteiger partial charge in [0.05, 0.1) is 12.2 Å². The molecule has 228 valence electrons. The largest absolute Gasteiger partial charge is 0.297 e. The van der Waals surface area contributed by atoms with Gasteiger partial charge in [0.15, 0.2) is 5.82 Å². The van der Waals surface area contributed by atoms with E-state index >= 15 is 0 Å². The average molecular weight is 586 g/mol. The number of pyridine rings is 2. The monoisotopic (exact) mass is 585 g/mol. The molecule has 0 aliphatic carbocycles. The Balaban J connectivity index is 1.54. The highest BCUT2D eigenvalue weighted by Gasteiger charge is 2.25. The molecule has 0 N–H and O–H groups in total. The van der Waals surface area contributed by atoms with Crippen molar-refractivity contribution in [1.29, 1.82) is 0 Å². The Labute approximate surface area is 264 Å². The van der Waals surface area contributed by atoms with Gasteiger partial charge in [-0.1, -0.05) is 91.8 Å². The van der Waals surface area contributed by atoms with Gasteiger partial charge in [-0.3, -0.25) is 9.91 Å². The molecule has 1 aliphatic heterocycles. The smallest absolute Gasteiger partial charge is 0.151 e. The van der Waals surface area contributed by atoms with Crippen LogP contribution in [0.1, 0.15) is 101 Å². The average Bonchev–Trinajstić information content (AvgIpc) is 3.02. The molecule has 0 saturated heterocycles. The molecule has 0 bridgehead atoms. The van der Waals surface area contributed by atoms with Crippen molar-refractivity contribution in [2.45, 2.75) is 79.1 Å². The first-order chi connectivity index (χ1) is 21.1. The van der Waals surface area contributed by atoms with Gasteiger partial charge in [-0.2, -0.15) is 0 Å². The summed E-state index contributed by atoms with van der Waals surface area (Å²) in [5, 5.41) is 4.46. The lowest BCUT2D eigenvalue weighted by Crippen LogP contribution is -2.40. The van der Waals surface area contributed by atoms with Gasteiger partial charge in [-0.05, 0) is 94.5 Å². The summed E-state index contributed by atoms with van der Waals surface area (Å²) in [6, 6.07) is 26.4. The number of anilines is 4. The minimum absolute atomic E-state index is 0.421. The van der Waals surface area contributed by atoms with Crippen LogP contribution in [0.15, 0.2) is 109 Å². The number of hydrogen-bond donors (Lipinski definition) is 0. The number of hydrogen-bond acceptors (Lipinski definition) is 5. The van der Waals surface area contributed by atoms with Crippen LogP contribution in [0, 0.1) is 0 Å². The summed E-state index contributed by atoms with van der Waals surface area (Å²) >= 11 is 0. The highest BCUT2D eigenvalue weighted by Crippen LogP contribution is 2.35. The number of hydrazine groups is 1. The topological polar surface area (TPSA) is 35.5 Å². The van der Waals surface area contributed by atoms with Gasteiger partial charge in [-0.15, -0.1) is 0 Å². The Morgan fingerprint density at radius 2 is 1.00 bits per heavy atom. The van der Waals surface area contributed by atoms with Crippen LogP contribution in [-0.2, 0) is 0 Å². The first-order valence-electron chi connectivity index (χ1n) is 16.0. The summed E-state index contributed by atoms with van der Waals surface area (Å²) in [5.74, 6) is 3.57. The van der Waals surface area contributed by atoms with Gasteiger partial charge < -0.3 is 0 Å². The fourth-order valence-corrected chi connectivity index (χ4v) is 5.41. The van der Waals surface area contributed by atoms with Gasteiger partial charge in [0.1, 0.15) is 5.82 Å². The van der Waals surface area contributed by atoms with E-state index in [1.807, 2.05) is 12.4 Å². The van der Waals surface area contributed by atoms with Gasteiger partial charge in [0, 0.05) is 30.0 Å². The molecule has 0 unspecified atom stereocenters. The van der Waals surface area contributed by atoms with Gasteiger partial charge in [0.2, 0.25) is 0 Å². The molecule has 0 spiro atoms. The van der Waals surface area contributed by atoms with Crippen molar-refractivity contribution >= 4 is 23.0 Å². The molecule has 5 nitrogen and oxygen atoms in total. The molecule has 4 aromatic rings. The molecular weight excluding hydrogens is 538 g/mol. The van der Waals surface area contributed by atoms with E-state index in [4.69, 9.17) is 9.97 Å². The lowest BCUT2D eigenvalue weighted by atomic mass is 10.0. The zero-order valence-corrected chi connectivity index (χ0v) is 27.6. The number of aromatic nitrogens is 2. The summed E-state index contributed by atoms with van der Waals surface area (Å²) in [4.78, 5) is 12.2. The minimum Gasteiger partial charge on any atom is -0.297 e. The first kappa shape index (κ1) is 31.1. The van der Waals surface area contributed by atoms with E-state index in [0.717, 1.165) is 28.7 Å². The van der Waals surface area contributed by atoms with Crippen LogP contribution >= 0.6 is 0 Å². The van der Waals surface area contributed by atoms with Crippen LogP contribution < -0.4 is 9.91 Å². The number of allylic oxidation sites excluding steroid dienone is 2. The van der Waals surface area contributed by atoms with Crippen LogP contribution in [-0.4, -0.2) is 21.5 Å². The molecule has 2 aromatic carbocycles. The molecule has 5 heteroatoms. The number of rotatable bonds is 10. The maximum Gasteiger partial charge on any atom is 0.151 e. The van der Waals surface area contributed by atoms with Crippen LogP contribution in [0.5, 0.6) is 0 Å². The van der Waals surface area contributed by atoms with Crippen molar-refractivity contribution in [2.75, 3.05) is 16.5 Å². The van der Waals surface area contributed by atoms with Crippen molar-refractivity contribution in [1.82, 2.24) is 15.0 Å². The summed E-state index contributed by atoms with van der Waals surface area (Å²) in [5.41, 5.74) is 8.38. The Kier molecular flexibility index (Phi) is 9.53. The standard InChI is InChI=1S/C39H47N5/c1-27(2)31-11-17-35(18-12-31)43(38-21-15-33(24-40-38)29(5)6)37-10-9-23-42(26-37)44(36-19-13-32(14-20-36)28(3)4)39-22-16-34(25-41-39)30(7)8/h9-25,27-30H,26H2,1-8H3. The molecule has 3 heterocycles. The molecular formula is C39H47N5. The second-order valence-corrected chi connectivity index (χ2v) is 12.9. The zero-order valence-electron chi connectivity index (χ0n) is 27.6. The Bertz CT molecular complexity index is 1460. The summed E-state index contributed by atoms with van der Waals surface area (Å²) in [7, 11) is 0. The lowest BCUT2D eigenvalue weighted by Gasteiger charge is -2.39. The normalized spacial score (nSPS) is 13.3. The van der Waals surface area contributed by atoms with E-state index in [1.54, 1.807) is 0 Å². The molecule has 44 heavy (non-hydrogen) atoms. The summed E-state index contributed by atoms with van der Waals surface area (Å²) in [6.45, 7) is 18.4. The molecule has 1 aliphatic rings. The fraction of sp³-hybridized carbons (Fsp3) is 0.333. The number of benzene rings is 2. The predicted octanol–water partition coefficient (Wildman–Crippen LogP) is 10.6. The van der Waals surface area contributed by atoms with E-state index in [2.05, 4.69) is 161 Å². The van der Waals surface area contributed by atoms with E-state index in [-0.39, 0.29) is 0 Å². The quantitative estimate of drug-likeness (QED) is 0.185. The van der Waals surface area contributed by atoms with Gasteiger partial charge in [-0.25, -0.2) is 15.0 Å². The Morgan fingerprint density at radius 3 is 1.45 bits per heavy atom. The summed E-state index contributed by atoms with van der Waals surface area (Å²) < 4.78 is 0. The predicted molar refractivity (Wildman–Crippen MR) is 186 cm³/mol. The highest BCUT2D eigenvalue weighted by molar-refractivity contribution is 5.68. The van der Waals surface area contributed by atoms with Gasteiger partial charge in [0.25, 0.3) is 0 Å². The minimum atomic E-state index is 0.421. The molecule has 2 aromatic heterocycles. The van der Waals surface area contributed by atoms with E-state index in [0.29, 0.717) is 30.2 Å². The second-order valence-electron chi connectivity index (χ2n) is 12.9.